The van der Waals surface area contributed by atoms with Crippen LogP contribution in [0.4, 0.5) is 0 Å². The third-order valence-corrected chi connectivity index (χ3v) is 5.93. The van der Waals surface area contributed by atoms with Gasteiger partial charge in [0.25, 0.3) is 0 Å². The molecule has 1 aromatic carbocycles. The summed E-state index contributed by atoms with van der Waals surface area (Å²) in [4.78, 5) is 19.5. The molecular formula is C24H30N4O. The number of amides is 1. The lowest BCUT2D eigenvalue weighted by atomic mass is 9.98. The van der Waals surface area contributed by atoms with Gasteiger partial charge in [-0.2, -0.15) is 0 Å². The summed E-state index contributed by atoms with van der Waals surface area (Å²) < 4.78 is 2.01. The lowest BCUT2D eigenvalue weighted by Gasteiger charge is -2.36. The van der Waals surface area contributed by atoms with Gasteiger partial charge in [0, 0.05) is 31.5 Å². The van der Waals surface area contributed by atoms with Crippen molar-refractivity contribution in [1.29, 1.82) is 0 Å². The molecular weight excluding hydrogens is 360 g/mol. The highest BCUT2D eigenvalue weighted by Gasteiger charge is 2.22. The number of fused-ring (bicyclic) bond motifs is 1. The Morgan fingerprint density at radius 1 is 1.17 bits per heavy atom. The molecule has 152 valence electrons. The second-order valence-corrected chi connectivity index (χ2v) is 8.06. The number of pyridine rings is 1. The van der Waals surface area contributed by atoms with Crippen LogP contribution in [0.25, 0.3) is 5.65 Å². The van der Waals surface area contributed by atoms with Crippen LogP contribution in [-0.2, 0) is 17.8 Å². The van der Waals surface area contributed by atoms with Crippen LogP contribution >= 0.6 is 0 Å². The zero-order valence-electron chi connectivity index (χ0n) is 17.2. The summed E-state index contributed by atoms with van der Waals surface area (Å²) in [5.74, 6) is 0.0683. The zero-order valence-corrected chi connectivity index (χ0v) is 17.2. The Hall–Kier alpha value is -2.66. The number of aryl methyl sites for hydroxylation is 1. The van der Waals surface area contributed by atoms with Crippen molar-refractivity contribution < 1.29 is 4.79 Å². The zero-order chi connectivity index (χ0) is 20.1. The van der Waals surface area contributed by atoms with E-state index in [2.05, 4.69) is 45.5 Å². The smallest absolute Gasteiger partial charge is 0.226 e. The Balaban J connectivity index is 1.29. The predicted molar refractivity (Wildman–Crippen MR) is 116 cm³/mol. The van der Waals surface area contributed by atoms with Crippen molar-refractivity contribution in [3.63, 3.8) is 0 Å². The number of rotatable bonds is 7. The largest absolute Gasteiger partial charge is 0.356 e. The van der Waals surface area contributed by atoms with Gasteiger partial charge >= 0.3 is 0 Å². The van der Waals surface area contributed by atoms with Crippen LogP contribution in [-0.4, -0.2) is 39.3 Å². The first-order valence-electron chi connectivity index (χ1n) is 10.7. The monoisotopic (exact) mass is 390 g/mol. The summed E-state index contributed by atoms with van der Waals surface area (Å²) in [5.41, 5.74) is 4.35. The lowest BCUT2D eigenvalue weighted by Crippen LogP contribution is -2.41. The van der Waals surface area contributed by atoms with Crippen LogP contribution < -0.4 is 5.32 Å². The van der Waals surface area contributed by atoms with Gasteiger partial charge in [-0.1, -0.05) is 42.8 Å². The minimum Gasteiger partial charge on any atom is -0.356 e. The minimum atomic E-state index is 0.0683. The number of hydrogen-bond donors (Lipinski definition) is 1. The first-order chi connectivity index (χ1) is 14.2. The Morgan fingerprint density at radius 2 is 2.03 bits per heavy atom. The highest BCUT2D eigenvalue weighted by molar-refractivity contribution is 5.78. The molecule has 1 atom stereocenters. The van der Waals surface area contributed by atoms with E-state index in [1.165, 1.54) is 24.8 Å². The summed E-state index contributed by atoms with van der Waals surface area (Å²) >= 11 is 0. The fourth-order valence-corrected chi connectivity index (χ4v) is 4.35. The molecule has 1 saturated heterocycles. The van der Waals surface area contributed by atoms with Crippen molar-refractivity contribution in [3.05, 3.63) is 71.7 Å². The number of nitrogens with one attached hydrogen (secondary N) is 1. The van der Waals surface area contributed by atoms with Gasteiger partial charge in [0.2, 0.25) is 5.91 Å². The number of aromatic nitrogens is 2. The summed E-state index contributed by atoms with van der Waals surface area (Å²) in [5, 5.41) is 3.13. The quantitative estimate of drug-likeness (QED) is 0.668. The van der Waals surface area contributed by atoms with Gasteiger partial charge in [0.1, 0.15) is 5.65 Å². The number of carbonyl (C=O) groups is 1. The van der Waals surface area contributed by atoms with Crippen LogP contribution in [0, 0.1) is 6.92 Å². The van der Waals surface area contributed by atoms with Crippen LogP contribution in [0.5, 0.6) is 0 Å². The molecule has 1 aliphatic heterocycles. The fourth-order valence-electron chi connectivity index (χ4n) is 4.35. The van der Waals surface area contributed by atoms with Gasteiger partial charge < -0.3 is 9.72 Å². The average Bonchev–Trinajstić information content (AvgIpc) is 3.14. The third-order valence-electron chi connectivity index (χ3n) is 5.93. The molecule has 3 heterocycles. The topological polar surface area (TPSA) is 49.6 Å². The Bertz CT molecular complexity index is 950. The van der Waals surface area contributed by atoms with Crippen molar-refractivity contribution >= 4 is 11.6 Å². The summed E-state index contributed by atoms with van der Waals surface area (Å²) in [7, 11) is 0. The number of imidazole rings is 1. The standard InChI is InChI=1S/C24H30N4O/c1-19-8-7-15-28-22(17-26-24(19)28)16-23(29)25-13-12-21-11-5-6-14-27(21)18-20-9-3-2-4-10-20/h2-4,7-10,15,17,21H,5-6,11-14,16,18H2,1H3,(H,25,29). The van der Waals surface area contributed by atoms with Crippen molar-refractivity contribution in [2.24, 2.45) is 0 Å². The van der Waals surface area contributed by atoms with E-state index in [-0.39, 0.29) is 5.91 Å². The Kier molecular flexibility index (Phi) is 6.25. The van der Waals surface area contributed by atoms with Crippen molar-refractivity contribution in [3.8, 4) is 0 Å². The van der Waals surface area contributed by atoms with E-state index in [0.29, 0.717) is 12.5 Å². The second-order valence-electron chi connectivity index (χ2n) is 8.06. The number of carbonyl (C=O) groups excluding carboxylic acids is 1. The van der Waals surface area contributed by atoms with E-state index in [0.717, 1.165) is 43.0 Å². The molecule has 0 spiro atoms. The number of piperidine rings is 1. The molecule has 3 aromatic rings. The molecule has 2 aromatic heterocycles. The van der Waals surface area contributed by atoms with E-state index in [9.17, 15) is 4.79 Å². The maximum Gasteiger partial charge on any atom is 0.226 e. The van der Waals surface area contributed by atoms with Crippen LogP contribution in [0.15, 0.2) is 54.9 Å². The summed E-state index contributed by atoms with van der Waals surface area (Å²) in [6.45, 7) is 4.91. The Morgan fingerprint density at radius 3 is 2.90 bits per heavy atom. The van der Waals surface area contributed by atoms with Crippen LogP contribution in [0.3, 0.4) is 0 Å². The van der Waals surface area contributed by atoms with Gasteiger partial charge in [0.05, 0.1) is 12.1 Å². The molecule has 5 nitrogen and oxygen atoms in total. The molecule has 1 aliphatic rings. The molecule has 1 fully saturated rings. The SMILES string of the molecule is Cc1cccn2c(CC(=O)NCCC3CCCCN3Cc3ccccc3)cnc12. The van der Waals surface area contributed by atoms with Gasteiger partial charge in [-0.05, 0) is 49.9 Å². The fraction of sp³-hybridized carbons (Fsp3) is 0.417. The van der Waals surface area contributed by atoms with E-state index in [4.69, 9.17) is 0 Å². The first kappa shape index (κ1) is 19.6. The van der Waals surface area contributed by atoms with E-state index in [1.54, 1.807) is 0 Å². The predicted octanol–water partition coefficient (Wildman–Crippen LogP) is 3.75. The van der Waals surface area contributed by atoms with E-state index < -0.39 is 0 Å². The summed E-state index contributed by atoms with van der Waals surface area (Å²) in [6, 6.07) is 15.3. The van der Waals surface area contributed by atoms with Crippen LogP contribution in [0.2, 0.25) is 0 Å². The minimum absolute atomic E-state index is 0.0683. The number of nitrogens with zero attached hydrogens (tertiary/aromatic N) is 3. The maximum absolute atomic E-state index is 12.5. The summed E-state index contributed by atoms with van der Waals surface area (Å²) in [6.07, 6.45) is 8.92. The van der Waals surface area contributed by atoms with Gasteiger partial charge in [-0.15, -0.1) is 0 Å². The second kappa shape index (κ2) is 9.23. The van der Waals surface area contributed by atoms with Crippen LogP contribution in [0.1, 0.15) is 42.5 Å². The van der Waals surface area contributed by atoms with E-state index in [1.807, 2.05) is 35.9 Å². The number of likely N-dealkylation sites (tertiary alicyclic amines) is 1. The van der Waals surface area contributed by atoms with Crippen molar-refractivity contribution in [2.75, 3.05) is 13.1 Å². The molecule has 1 amide bonds. The Labute approximate surface area is 172 Å². The third kappa shape index (κ3) is 4.85. The molecule has 1 unspecified atom stereocenters. The number of hydrogen-bond acceptors (Lipinski definition) is 3. The molecule has 0 radical (unpaired) electrons. The molecule has 5 heteroatoms. The average molecular weight is 391 g/mol. The first-order valence-corrected chi connectivity index (χ1v) is 10.7. The highest BCUT2D eigenvalue weighted by Crippen LogP contribution is 2.21. The molecule has 4 rings (SSSR count). The maximum atomic E-state index is 12.5. The number of benzene rings is 1. The molecule has 0 saturated carbocycles. The normalized spacial score (nSPS) is 17.5. The van der Waals surface area contributed by atoms with Crippen molar-refractivity contribution in [2.45, 2.75) is 51.6 Å². The van der Waals surface area contributed by atoms with Gasteiger partial charge in [-0.25, -0.2) is 4.98 Å². The lowest BCUT2D eigenvalue weighted by molar-refractivity contribution is -0.120. The molecule has 29 heavy (non-hydrogen) atoms. The molecule has 0 aliphatic carbocycles. The van der Waals surface area contributed by atoms with Gasteiger partial charge in [0.15, 0.2) is 0 Å². The van der Waals surface area contributed by atoms with E-state index >= 15 is 0 Å². The molecule has 0 bridgehead atoms. The van der Waals surface area contributed by atoms with Gasteiger partial charge in [-0.3, -0.25) is 9.69 Å². The molecule has 1 N–H and O–H groups in total. The highest BCUT2D eigenvalue weighted by atomic mass is 16.1. The van der Waals surface area contributed by atoms with Crippen molar-refractivity contribution in [1.82, 2.24) is 19.6 Å².